The van der Waals surface area contributed by atoms with Gasteiger partial charge in [-0.25, -0.2) is 0 Å². The third kappa shape index (κ3) is 1.53. The number of rotatable bonds is 1. The number of alkyl halides is 1. The summed E-state index contributed by atoms with van der Waals surface area (Å²) in [5, 5.41) is 1.17. The Morgan fingerprint density at radius 1 is 1.45 bits per heavy atom. The molecule has 0 bridgehead atoms. The zero-order chi connectivity index (χ0) is 7.68. The van der Waals surface area contributed by atoms with E-state index in [1.165, 1.54) is 11.8 Å². The number of fused-ring (bicyclic) bond motifs is 1. The third-order valence-corrected chi connectivity index (χ3v) is 6.40. The summed E-state index contributed by atoms with van der Waals surface area (Å²) >= 11 is 4.27. The van der Waals surface area contributed by atoms with Crippen molar-refractivity contribution in [2.45, 2.75) is 11.2 Å². The Kier molecular flexibility index (Phi) is 2.36. The molecule has 2 rings (SSSR count). The van der Waals surface area contributed by atoms with Crippen molar-refractivity contribution in [3.63, 3.8) is 0 Å². The Hall–Kier alpha value is 0.219. The van der Waals surface area contributed by atoms with Gasteiger partial charge in [-0.05, 0) is 0 Å². The molecule has 0 saturated carbocycles. The number of halogens is 1. The Labute approximate surface area is 81.7 Å². The Bertz CT molecular complexity index is 234. The molecule has 1 atom stereocenters. The van der Waals surface area contributed by atoms with Crippen LogP contribution in [0.25, 0.3) is 0 Å². The van der Waals surface area contributed by atoms with Crippen LogP contribution in [0.2, 0.25) is 4.82 Å². The van der Waals surface area contributed by atoms with Crippen molar-refractivity contribution in [1.82, 2.24) is 0 Å². The fraction of sp³-hybridized carbons (Fsp3) is 0.333. The van der Waals surface area contributed by atoms with Gasteiger partial charge in [-0.3, -0.25) is 0 Å². The molecule has 0 saturated heterocycles. The van der Waals surface area contributed by atoms with Gasteiger partial charge in [0, 0.05) is 0 Å². The zero-order valence-electron chi connectivity index (χ0n) is 6.09. The maximum absolute atomic E-state index is 3.55. The molecular formula is C9H9BrSe. The molecule has 1 aromatic rings. The van der Waals surface area contributed by atoms with Crippen LogP contribution < -0.4 is 4.46 Å². The average molecular weight is 276 g/mol. The first kappa shape index (κ1) is 7.85. The standard InChI is InChI=1S/C9H9BrSe/c10-6-8-5-7-3-1-2-4-9(7)11-8/h1-4,8H,5-6H2. The summed E-state index contributed by atoms with van der Waals surface area (Å²) in [7, 11) is 0. The van der Waals surface area contributed by atoms with Crippen molar-refractivity contribution in [2.24, 2.45) is 0 Å². The Morgan fingerprint density at radius 3 is 3.00 bits per heavy atom. The molecule has 0 spiro atoms. The predicted octanol–water partition coefficient (Wildman–Crippen LogP) is 1.76. The van der Waals surface area contributed by atoms with Crippen molar-refractivity contribution in [2.75, 3.05) is 5.33 Å². The summed E-state index contributed by atoms with van der Waals surface area (Å²) in [5.74, 6) is 0. The average Bonchev–Trinajstić information content (AvgIpc) is 2.46. The maximum atomic E-state index is 3.55. The molecule has 0 radical (unpaired) electrons. The van der Waals surface area contributed by atoms with E-state index in [0.29, 0.717) is 0 Å². The fourth-order valence-corrected chi connectivity index (χ4v) is 4.66. The van der Waals surface area contributed by atoms with Gasteiger partial charge in [0.1, 0.15) is 0 Å². The molecule has 1 aromatic carbocycles. The molecule has 0 amide bonds. The van der Waals surface area contributed by atoms with Crippen LogP contribution in [-0.2, 0) is 6.42 Å². The van der Waals surface area contributed by atoms with Gasteiger partial charge in [-0.1, -0.05) is 0 Å². The molecule has 11 heavy (non-hydrogen) atoms. The van der Waals surface area contributed by atoms with Crippen molar-refractivity contribution >= 4 is 35.3 Å². The monoisotopic (exact) mass is 276 g/mol. The third-order valence-electron chi connectivity index (χ3n) is 1.89. The molecule has 1 heterocycles. The summed E-state index contributed by atoms with van der Waals surface area (Å²) in [6.45, 7) is 0. The second kappa shape index (κ2) is 3.30. The minimum atomic E-state index is 0.722. The van der Waals surface area contributed by atoms with Crippen LogP contribution >= 0.6 is 15.9 Å². The van der Waals surface area contributed by atoms with E-state index >= 15 is 0 Å². The van der Waals surface area contributed by atoms with Gasteiger partial charge in [-0.2, -0.15) is 0 Å². The van der Waals surface area contributed by atoms with E-state index in [4.69, 9.17) is 0 Å². The number of hydrogen-bond acceptors (Lipinski definition) is 0. The van der Waals surface area contributed by atoms with Crippen LogP contribution in [0, 0.1) is 0 Å². The van der Waals surface area contributed by atoms with E-state index in [2.05, 4.69) is 40.2 Å². The van der Waals surface area contributed by atoms with Gasteiger partial charge in [0.15, 0.2) is 0 Å². The molecule has 0 aliphatic carbocycles. The summed E-state index contributed by atoms with van der Waals surface area (Å²) in [5.41, 5.74) is 1.58. The molecule has 1 aliphatic heterocycles. The van der Waals surface area contributed by atoms with Crippen molar-refractivity contribution in [3.8, 4) is 0 Å². The van der Waals surface area contributed by atoms with E-state index in [1.54, 1.807) is 10.0 Å². The topological polar surface area (TPSA) is 0 Å². The van der Waals surface area contributed by atoms with E-state index in [9.17, 15) is 0 Å². The second-order valence-electron chi connectivity index (χ2n) is 2.71. The van der Waals surface area contributed by atoms with Crippen molar-refractivity contribution < 1.29 is 0 Å². The van der Waals surface area contributed by atoms with E-state index in [1.807, 2.05) is 0 Å². The molecule has 58 valence electrons. The van der Waals surface area contributed by atoms with Gasteiger partial charge >= 0.3 is 81.7 Å². The first-order chi connectivity index (χ1) is 5.40. The molecular weight excluding hydrogens is 267 g/mol. The van der Waals surface area contributed by atoms with Gasteiger partial charge in [-0.15, -0.1) is 0 Å². The quantitative estimate of drug-likeness (QED) is 0.541. The molecule has 1 aliphatic rings. The fourth-order valence-electron chi connectivity index (χ4n) is 1.34. The molecule has 0 aromatic heterocycles. The van der Waals surface area contributed by atoms with Crippen molar-refractivity contribution in [3.05, 3.63) is 29.8 Å². The van der Waals surface area contributed by atoms with Crippen LogP contribution in [0.15, 0.2) is 24.3 Å². The predicted molar refractivity (Wildman–Crippen MR) is 53.1 cm³/mol. The molecule has 0 N–H and O–H groups in total. The Balaban J connectivity index is 2.27. The molecule has 2 heteroatoms. The first-order valence-corrected chi connectivity index (χ1v) is 6.67. The van der Waals surface area contributed by atoms with Gasteiger partial charge in [0.25, 0.3) is 0 Å². The Morgan fingerprint density at radius 2 is 2.27 bits per heavy atom. The normalized spacial score (nSPS) is 21.7. The zero-order valence-corrected chi connectivity index (χ0v) is 9.39. The van der Waals surface area contributed by atoms with Crippen LogP contribution in [0.1, 0.15) is 5.56 Å². The summed E-state index contributed by atoms with van der Waals surface area (Å²) in [6.07, 6.45) is 1.29. The molecule has 0 fully saturated rings. The minimum absolute atomic E-state index is 0.722. The van der Waals surface area contributed by atoms with Gasteiger partial charge < -0.3 is 0 Å². The van der Waals surface area contributed by atoms with Gasteiger partial charge in [0.2, 0.25) is 0 Å². The number of hydrogen-bond donors (Lipinski definition) is 0. The van der Waals surface area contributed by atoms with Crippen molar-refractivity contribution in [1.29, 1.82) is 0 Å². The van der Waals surface area contributed by atoms with Crippen LogP contribution in [-0.4, -0.2) is 20.3 Å². The van der Waals surface area contributed by atoms with Crippen LogP contribution in [0.4, 0.5) is 0 Å². The summed E-state index contributed by atoms with van der Waals surface area (Å²) < 4.78 is 1.62. The summed E-state index contributed by atoms with van der Waals surface area (Å²) in [4.78, 5) is 0.903. The second-order valence-corrected chi connectivity index (χ2v) is 6.17. The summed E-state index contributed by atoms with van der Waals surface area (Å²) in [6, 6.07) is 8.83. The first-order valence-electron chi connectivity index (χ1n) is 3.70. The van der Waals surface area contributed by atoms with Crippen LogP contribution in [0.5, 0.6) is 0 Å². The SMILES string of the molecule is BrCC1Cc2ccccc2[Se]1. The van der Waals surface area contributed by atoms with Crippen LogP contribution in [0.3, 0.4) is 0 Å². The van der Waals surface area contributed by atoms with E-state index in [-0.39, 0.29) is 0 Å². The molecule has 0 nitrogen and oxygen atoms in total. The van der Waals surface area contributed by atoms with E-state index < -0.39 is 0 Å². The van der Waals surface area contributed by atoms with E-state index in [0.717, 1.165) is 19.8 Å². The van der Waals surface area contributed by atoms with Gasteiger partial charge in [0.05, 0.1) is 0 Å². The molecule has 1 unspecified atom stereocenters. The number of benzene rings is 1.